The van der Waals surface area contributed by atoms with Crippen LogP contribution in [0.15, 0.2) is 29.2 Å². The van der Waals surface area contributed by atoms with E-state index in [2.05, 4.69) is 0 Å². The fourth-order valence-electron chi connectivity index (χ4n) is 3.81. The van der Waals surface area contributed by atoms with Gasteiger partial charge in [0.2, 0.25) is 0 Å². The molecule has 4 rings (SSSR count). The maximum atomic E-state index is 12.0. The van der Waals surface area contributed by atoms with Crippen molar-refractivity contribution in [2.75, 3.05) is 6.26 Å². The van der Waals surface area contributed by atoms with Gasteiger partial charge in [0.25, 0.3) is 5.56 Å². The highest BCUT2D eigenvalue weighted by atomic mass is 32.2. The van der Waals surface area contributed by atoms with Crippen LogP contribution in [0, 0.1) is 12.8 Å². The van der Waals surface area contributed by atoms with Crippen LogP contribution in [0.25, 0.3) is 11.1 Å². The summed E-state index contributed by atoms with van der Waals surface area (Å²) in [6.07, 6.45) is 6.45. The summed E-state index contributed by atoms with van der Waals surface area (Å²) < 4.78 is 31.5. The molecule has 0 N–H and O–H groups in total. The minimum Gasteiger partial charge on any atom is -0.489 e. The topological polar surface area (TPSA) is 65.4 Å². The van der Waals surface area contributed by atoms with E-state index in [1.807, 2.05) is 18.2 Å². The largest absolute Gasteiger partial charge is 0.489 e. The predicted octanol–water partition coefficient (Wildman–Crippen LogP) is 2.62. The van der Waals surface area contributed by atoms with Crippen molar-refractivity contribution in [2.45, 2.75) is 38.0 Å². The molecule has 0 amide bonds. The zero-order valence-electron chi connectivity index (χ0n) is 15.3. The van der Waals surface area contributed by atoms with Crippen LogP contribution in [0.5, 0.6) is 5.75 Å². The van der Waals surface area contributed by atoms with Crippen molar-refractivity contribution in [2.24, 2.45) is 13.0 Å². The molecule has 2 heterocycles. The first-order chi connectivity index (χ1) is 12.2. The third-order valence-corrected chi connectivity index (χ3v) is 6.02. The number of ether oxygens (including phenoxy) is 1. The number of sulfone groups is 1. The van der Waals surface area contributed by atoms with Gasteiger partial charge in [0, 0.05) is 42.6 Å². The molecule has 1 atom stereocenters. The minimum atomic E-state index is -3.13. The first kappa shape index (κ1) is 17.3. The lowest BCUT2D eigenvalue weighted by molar-refractivity contribution is 0.208. The Balaban J connectivity index is 1.86. The summed E-state index contributed by atoms with van der Waals surface area (Å²) in [5.74, 6) is 1.46. The molecule has 1 aliphatic carbocycles. The van der Waals surface area contributed by atoms with E-state index in [1.165, 1.54) is 19.1 Å². The maximum Gasteiger partial charge on any atom is 0.253 e. The number of benzene rings is 1. The van der Waals surface area contributed by atoms with Gasteiger partial charge in [-0.15, -0.1) is 0 Å². The van der Waals surface area contributed by atoms with Crippen LogP contribution in [0.2, 0.25) is 0 Å². The Labute approximate surface area is 153 Å². The molecule has 0 radical (unpaired) electrons. The first-order valence-corrected chi connectivity index (χ1v) is 10.9. The SMILES string of the molecule is Cc1cc(-c2cc(CS(C)(=O)=O)cc3c2OC(C2CC2)C3)cn(C)c1=O. The molecule has 138 valence electrons. The smallest absolute Gasteiger partial charge is 0.253 e. The zero-order chi connectivity index (χ0) is 18.6. The summed E-state index contributed by atoms with van der Waals surface area (Å²) in [5.41, 5.74) is 4.23. The van der Waals surface area contributed by atoms with Crippen LogP contribution in [-0.4, -0.2) is 25.3 Å². The molecule has 5 nitrogen and oxygen atoms in total. The van der Waals surface area contributed by atoms with E-state index in [0.29, 0.717) is 11.5 Å². The molecule has 1 aliphatic heterocycles. The van der Waals surface area contributed by atoms with Gasteiger partial charge in [-0.25, -0.2) is 8.42 Å². The Bertz CT molecular complexity index is 1020. The highest BCUT2D eigenvalue weighted by Gasteiger charge is 2.38. The number of rotatable bonds is 4. The Morgan fingerprint density at radius 2 is 1.96 bits per heavy atom. The average Bonchev–Trinajstić information content (AvgIpc) is 3.29. The van der Waals surface area contributed by atoms with Crippen molar-refractivity contribution in [3.8, 4) is 16.9 Å². The van der Waals surface area contributed by atoms with E-state index in [4.69, 9.17) is 4.74 Å². The molecule has 6 heteroatoms. The van der Waals surface area contributed by atoms with Crippen LogP contribution in [0.4, 0.5) is 0 Å². The summed E-state index contributed by atoms with van der Waals surface area (Å²) >= 11 is 0. The van der Waals surface area contributed by atoms with Crippen LogP contribution >= 0.6 is 0 Å². The molecule has 0 saturated heterocycles. The van der Waals surface area contributed by atoms with E-state index >= 15 is 0 Å². The number of pyridine rings is 1. The maximum absolute atomic E-state index is 12.0. The summed E-state index contributed by atoms with van der Waals surface area (Å²) in [5, 5.41) is 0. The van der Waals surface area contributed by atoms with Crippen molar-refractivity contribution in [1.82, 2.24) is 4.57 Å². The number of fused-ring (bicyclic) bond motifs is 1. The van der Waals surface area contributed by atoms with E-state index in [0.717, 1.165) is 34.4 Å². The third-order valence-electron chi connectivity index (χ3n) is 5.17. The van der Waals surface area contributed by atoms with Gasteiger partial charge in [-0.1, -0.05) is 6.07 Å². The van der Waals surface area contributed by atoms with Gasteiger partial charge >= 0.3 is 0 Å². The molecule has 1 aromatic heterocycles. The Morgan fingerprint density at radius 1 is 1.23 bits per heavy atom. The van der Waals surface area contributed by atoms with Gasteiger partial charge < -0.3 is 9.30 Å². The van der Waals surface area contributed by atoms with Crippen LogP contribution in [-0.2, 0) is 29.1 Å². The molecule has 0 spiro atoms. The van der Waals surface area contributed by atoms with Crippen molar-refractivity contribution in [3.63, 3.8) is 0 Å². The van der Waals surface area contributed by atoms with Gasteiger partial charge in [-0.3, -0.25) is 4.79 Å². The number of nitrogens with zero attached hydrogens (tertiary/aromatic N) is 1. The van der Waals surface area contributed by atoms with Crippen LogP contribution in [0.3, 0.4) is 0 Å². The van der Waals surface area contributed by atoms with Gasteiger partial charge in [0.15, 0.2) is 9.84 Å². The molecular weight excluding hydrogens is 350 g/mol. The molecule has 1 fully saturated rings. The number of hydrogen-bond acceptors (Lipinski definition) is 4. The Hall–Kier alpha value is -2.08. The summed E-state index contributed by atoms with van der Waals surface area (Å²) in [6.45, 7) is 1.79. The molecule has 2 aromatic rings. The van der Waals surface area contributed by atoms with Gasteiger partial charge in [0.05, 0.1) is 5.75 Å². The van der Waals surface area contributed by atoms with Crippen LogP contribution in [0.1, 0.15) is 29.5 Å². The van der Waals surface area contributed by atoms with Gasteiger partial charge in [-0.05, 0) is 48.9 Å². The summed E-state index contributed by atoms with van der Waals surface area (Å²) in [6, 6.07) is 5.72. The van der Waals surface area contributed by atoms with Crippen molar-refractivity contribution in [1.29, 1.82) is 0 Å². The average molecular weight is 373 g/mol. The number of aryl methyl sites for hydroxylation is 2. The number of hydrogen-bond donors (Lipinski definition) is 0. The lowest BCUT2D eigenvalue weighted by atomic mass is 9.97. The zero-order valence-corrected chi connectivity index (χ0v) is 16.1. The molecule has 26 heavy (non-hydrogen) atoms. The monoisotopic (exact) mass is 373 g/mol. The second-order valence-electron chi connectivity index (χ2n) is 7.73. The van der Waals surface area contributed by atoms with Gasteiger partial charge in [0.1, 0.15) is 11.9 Å². The Kier molecular flexibility index (Phi) is 3.99. The minimum absolute atomic E-state index is 0.00607. The quantitative estimate of drug-likeness (QED) is 0.826. The standard InChI is InChI=1S/C20H23NO4S/c1-12-6-16(10-21(2)20(12)22)17-8-13(11-26(3,23)24)7-15-9-18(14-4-5-14)25-19(15)17/h6-8,10,14,18H,4-5,9,11H2,1-3H3. The van der Waals surface area contributed by atoms with Crippen LogP contribution < -0.4 is 10.3 Å². The van der Waals surface area contributed by atoms with E-state index in [1.54, 1.807) is 24.7 Å². The fourth-order valence-corrected chi connectivity index (χ4v) is 4.58. The van der Waals surface area contributed by atoms with Crippen molar-refractivity contribution >= 4 is 9.84 Å². The first-order valence-electron chi connectivity index (χ1n) is 8.89. The molecular formula is C20H23NO4S. The number of aromatic nitrogens is 1. The fraction of sp³-hybridized carbons (Fsp3) is 0.450. The van der Waals surface area contributed by atoms with E-state index in [9.17, 15) is 13.2 Å². The highest BCUT2D eigenvalue weighted by molar-refractivity contribution is 7.89. The second-order valence-corrected chi connectivity index (χ2v) is 9.87. The van der Waals surface area contributed by atoms with E-state index in [-0.39, 0.29) is 17.4 Å². The molecule has 2 aliphatic rings. The summed E-state index contributed by atoms with van der Waals surface area (Å²) in [4.78, 5) is 12.0. The summed E-state index contributed by atoms with van der Waals surface area (Å²) in [7, 11) is -1.40. The molecule has 0 bridgehead atoms. The lowest BCUT2D eigenvalue weighted by Crippen LogP contribution is -2.18. The third kappa shape index (κ3) is 3.30. The molecule has 1 unspecified atom stereocenters. The van der Waals surface area contributed by atoms with Crippen molar-refractivity contribution < 1.29 is 13.2 Å². The lowest BCUT2D eigenvalue weighted by Gasteiger charge is -2.14. The van der Waals surface area contributed by atoms with E-state index < -0.39 is 9.84 Å². The Morgan fingerprint density at radius 3 is 2.58 bits per heavy atom. The molecule has 1 saturated carbocycles. The predicted molar refractivity (Wildman–Crippen MR) is 101 cm³/mol. The van der Waals surface area contributed by atoms with Crippen molar-refractivity contribution in [3.05, 3.63) is 51.4 Å². The van der Waals surface area contributed by atoms with Gasteiger partial charge in [-0.2, -0.15) is 0 Å². The second kappa shape index (κ2) is 5.98. The normalized spacial score (nSPS) is 19.3. The molecule has 1 aromatic carbocycles. The highest BCUT2D eigenvalue weighted by Crippen LogP contribution is 2.46.